The highest BCUT2D eigenvalue weighted by Crippen LogP contribution is 2.38. The Morgan fingerprint density at radius 1 is 0.971 bits per heavy atom. The van der Waals surface area contributed by atoms with Crippen molar-refractivity contribution in [3.05, 3.63) is 95.1 Å². The third-order valence-corrected chi connectivity index (χ3v) is 5.87. The summed E-state index contributed by atoms with van der Waals surface area (Å²) in [5.74, 6) is -0.627. The number of hydrogen-bond donors (Lipinski definition) is 2. The van der Waals surface area contributed by atoms with Gasteiger partial charge in [-0.3, -0.25) is 4.79 Å². The SMILES string of the molecule is CCCN(C)Cc1ccc(N/C(=C2/C(=O)Nc3cc(C(=O)OCC)ccc32)c2ccccc2)cc1. The molecule has 3 aromatic carbocycles. The highest BCUT2D eigenvalue weighted by atomic mass is 16.5. The number of hydrogen-bond acceptors (Lipinski definition) is 5. The Balaban J connectivity index is 1.70. The monoisotopic (exact) mass is 469 g/mol. The maximum Gasteiger partial charge on any atom is 0.338 e. The van der Waals surface area contributed by atoms with E-state index < -0.39 is 5.97 Å². The lowest BCUT2D eigenvalue weighted by molar-refractivity contribution is -0.110. The van der Waals surface area contributed by atoms with E-state index in [-0.39, 0.29) is 5.91 Å². The van der Waals surface area contributed by atoms with Gasteiger partial charge in [0.15, 0.2) is 0 Å². The fraction of sp³-hybridized carbons (Fsp3) is 0.241. The lowest BCUT2D eigenvalue weighted by Gasteiger charge is -2.17. The second-order valence-electron chi connectivity index (χ2n) is 8.61. The van der Waals surface area contributed by atoms with Gasteiger partial charge in [-0.05, 0) is 62.3 Å². The van der Waals surface area contributed by atoms with Crippen LogP contribution in [0.4, 0.5) is 11.4 Å². The number of fused-ring (bicyclic) bond motifs is 1. The summed E-state index contributed by atoms with van der Waals surface area (Å²) in [6.07, 6.45) is 1.12. The highest BCUT2D eigenvalue weighted by Gasteiger charge is 2.29. The average Bonchev–Trinajstić information content (AvgIpc) is 3.19. The molecule has 1 heterocycles. The Kier molecular flexibility index (Phi) is 7.63. The van der Waals surface area contributed by atoms with Crippen LogP contribution < -0.4 is 10.6 Å². The van der Waals surface area contributed by atoms with E-state index in [1.54, 1.807) is 25.1 Å². The van der Waals surface area contributed by atoms with Crippen LogP contribution in [0.15, 0.2) is 72.8 Å². The summed E-state index contributed by atoms with van der Waals surface area (Å²) in [7, 11) is 2.12. The fourth-order valence-electron chi connectivity index (χ4n) is 4.26. The quantitative estimate of drug-likeness (QED) is 0.314. The van der Waals surface area contributed by atoms with Gasteiger partial charge in [0.25, 0.3) is 5.91 Å². The largest absolute Gasteiger partial charge is 0.462 e. The Labute approximate surface area is 206 Å². The first-order valence-electron chi connectivity index (χ1n) is 12.0. The Hall–Kier alpha value is -3.90. The third-order valence-electron chi connectivity index (χ3n) is 5.87. The van der Waals surface area contributed by atoms with Crippen LogP contribution in [0, 0.1) is 0 Å². The summed E-state index contributed by atoms with van der Waals surface area (Å²) in [6.45, 7) is 6.18. The molecule has 6 heteroatoms. The normalized spacial score (nSPS) is 13.9. The number of ether oxygens (including phenoxy) is 1. The number of amides is 1. The van der Waals surface area contributed by atoms with Crippen molar-refractivity contribution >= 4 is 34.5 Å². The molecule has 0 saturated carbocycles. The van der Waals surface area contributed by atoms with Crippen molar-refractivity contribution in [2.75, 3.05) is 30.8 Å². The second-order valence-corrected chi connectivity index (χ2v) is 8.61. The van der Waals surface area contributed by atoms with Crippen LogP contribution in [0.1, 0.15) is 47.3 Å². The Morgan fingerprint density at radius 3 is 2.40 bits per heavy atom. The first kappa shape index (κ1) is 24.2. The molecule has 6 nitrogen and oxygen atoms in total. The van der Waals surface area contributed by atoms with E-state index in [4.69, 9.17) is 4.74 Å². The molecule has 0 aromatic heterocycles. The van der Waals surface area contributed by atoms with E-state index >= 15 is 0 Å². The molecule has 0 fully saturated rings. The van der Waals surface area contributed by atoms with E-state index in [9.17, 15) is 9.59 Å². The van der Waals surface area contributed by atoms with E-state index in [1.165, 1.54) is 5.56 Å². The Bertz CT molecular complexity index is 1230. The minimum absolute atomic E-state index is 0.217. The minimum atomic E-state index is -0.409. The minimum Gasteiger partial charge on any atom is -0.462 e. The van der Waals surface area contributed by atoms with Crippen LogP contribution >= 0.6 is 0 Å². The molecule has 35 heavy (non-hydrogen) atoms. The number of carbonyl (C=O) groups excluding carboxylic acids is 2. The molecule has 0 saturated heterocycles. The van der Waals surface area contributed by atoms with Gasteiger partial charge in [0.05, 0.1) is 29.1 Å². The van der Waals surface area contributed by atoms with Crippen LogP contribution in [-0.4, -0.2) is 37.0 Å². The Morgan fingerprint density at radius 2 is 1.71 bits per heavy atom. The van der Waals surface area contributed by atoms with Crippen molar-refractivity contribution in [1.82, 2.24) is 4.90 Å². The van der Waals surface area contributed by atoms with Crippen LogP contribution in [0.3, 0.4) is 0 Å². The molecule has 3 aromatic rings. The second kappa shape index (κ2) is 11.0. The lowest BCUT2D eigenvalue weighted by atomic mass is 9.99. The summed E-state index contributed by atoms with van der Waals surface area (Å²) in [4.78, 5) is 27.6. The summed E-state index contributed by atoms with van der Waals surface area (Å²) in [5.41, 5.74) is 6.01. The van der Waals surface area contributed by atoms with E-state index in [0.29, 0.717) is 29.1 Å². The summed E-state index contributed by atoms with van der Waals surface area (Å²) < 4.78 is 5.11. The maximum absolute atomic E-state index is 13.1. The number of carbonyl (C=O) groups is 2. The predicted octanol–water partition coefficient (Wildman–Crippen LogP) is 5.64. The molecular weight excluding hydrogens is 438 g/mol. The molecule has 0 atom stereocenters. The summed E-state index contributed by atoms with van der Waals surface area (Å²) in [5, 5.41) is 6.40. The van der Waals surface area contributed by atoms with Gasteiger partial charge in [-0.1, -0.05) is 55.5 Å². The molecule has 0 unspecified atom stereocenters. The van der Waals surface area contributed by atoms with Crippen molar-refractivity contribution in [2.24, 2.45) is 0 Å². The molecule has 0 spiro atoms. The molecular formula is C29H31N3O3. The molecule has 180 valence electrons. The lowest BCUT2D eigenvalue weighted by Crippen LogP contribution is -2.18. The van der Waals surface area contributed by atoms with Crippen LogP contribution in [0.5, 0.6) is 0 Å². The van der Waals surface area contributed by atoms with E-state index in [0.717, 1.165) is 36.3 Å². The van der Waals surface area contributed by atoms with Gasteiger partial charge in [-0.15, -0.1) is 0 Å². The van der Waals surface area contributed by atoms with Gasteiger partial charge in [0.2, 0.25) is 0 Å². The molecule has 0 aliphatic carbocycles. The topological polar surface area (TPSA) is 70.7 Å². The van der Waals surface area contributed by atoms with Gasteiger partial charge in [-0.2, -0.15) is 0 Å². The van der Waals surface area contributed by atoms with Crippen molar-refractivity contribution in [3.8, 4) is 0 Å². The summed E-state index contributed by atoms with van der Waals surface area (Å²) >= 11 is 0. The number of anilines is 2. The predicted molar refractivity (Wildman–Crippen MR) is 141 cm³/mol. The van der Waals surface area contributed by atoms with Crippen LogP contribution in [0.2, 0.25) is 0 Å². The zero-order valence-electron chi connectivity index (χ0n) is 20.4. The zero-order chi connectivity index (χ0) is 24.8. The number of nitrogens with one attached hydrogen (secondary N) is 2. The average molecular weight is 470 g/mol. The first-order chi connectivity index (χ1) is 17.0. The molecule has 1 aliphatic rings. The van der Waals surface area contributed by atoms with Gasteiger partial charge in [0, 0.05) is 17.8 Å². The van der Waals surface area contributed by atoms with Crippen molar-refractivity contribution in [1.29, 1.82) is 0 Å². The van der Waals surface area contributed by atoms with Crippen molar-refractivity contribution in [2.45, 2.75) is 26.8 Å². The summed E-state index contributed by atoms with van der Waals surface area (Å²) in [6, 6.07) is 23.2. The number of esters is 1. The number of benzene rings is 3. The molecule has 1 aliphatic heterocycles. The number of nitrogens with zero attached hydrogens (tertiary/aromatic N) is 1. The van der Waals surface area contributed by atoms with Crippen molar-refractivity contribution in [3.63, 3.8) is 0 Å². The smallest absolute Gasteiger partial charge is 0.338 e. The fourth-order valence-corrected chi connectivity index (χ4v) is 4.26. The van der Waals surface area contributed by atoms with Gasteiger partial charge >= 0.3 is 5.97 Å². The van der Waals surface area contributed by atoms with E-state index in [1.807, 2.05) is 42.5 Å². The third kappa shape index (κ3) is 5.61. The molecule has 4 rings (SSSR count). The van der Waals surface area contributed by atoms with Crippen LogP contribution in [-0.2, 0) is 16.1 Å². The molecule has 0 radical (unpaired) electrons. The van der Waals surface area contributed by atoms with Gasteiger partial charge < -0.3 is 20.3 Å². The maximum atomic E-state index is 13.1. The zero-order valence-corrected chi connectivity index (χ0v) is 20.4. The molecule has 2 N–H and O–H groups in total. The van der Waals surface area contributed by atoms with E-state index in [2.05, 4.69) is 41.6 Å². The molecule has 0 bridgehead atoms. The first-order valence-corrected chi connectivity index (χ1v) is 12.0. The van der Waals surface area contributed by atoms with Gasteiger partial charge in [-0.25, -0.2) is 4.79 Å². The standard InChI is InChI=1S/C29H31N3O3/c1-4-17-32(3)19-20-11-14-23(15-12-20)30-27(21-9-7-6-8-10-21)26-24-16-13-22(29(34)35-5-2)18-25(24)31-28(26)33/h6-16,18,30H,4-5,17,19H2,1-3H3,(H,31,33)/b27-26+. The molecule has 1 amide bonds. The highest BCUT2D eigenvalue weighted by molar-refractivity contribution is 6.37. The number of rotatable bonds is 9. The van der Waals surface area contributed by atoms with Crippen molar-refractivity contribution < 1.29 is 14.3 Å². The van der Waals surface area contributed by atoms with Crippen LogP contribution in [0.25, 0.3) is 11.3 Å². The van der Waals surface area contributed by atoms with Gasteiger partial charge in [0.1, 0.15) is 0 Å².